The first-order valence-corrected chi connectivity index (χ1v) is 14.1. The predicted octanol–water partition coefficient (Wildman–Crippen LogP) is 4.46. The van der Waals surface area contributed by atoms with E-state index in [1.807, 2.05) is 26.8 Å². The van der Waals surface area contributed by atoms with Crippen LogP contribution in [-0.2, 0) is 29.9 Å². The Kier molecular flexibility index (Phi) is 8.65. The van der Waals surface area contributed by atoms with Gasteiger partial charge in [-0.1, -0.05) is 17.7 Å². The molecule has 1 amide bonds. The molecule has 1 aromatic heterocycles. The first kappa shape index (κ1) is 28.3. The maximum atomic E-state index is 12.3. The van der Waals surface area contributed by atoms with Crippen LogP contribution in [0.25, 0.3) is 0 Å². The number of hydrogen-bond acceptors (Lipinski definition) is 10. The van der Waals surface area contributed by atoms with Crippen LogP contribution in [0.1, 0.15) is 44.7 Å². The molecule has 0 unspecified atom stereocenters. The van der Waals surface area contributed by atoms with E-state index < -0.39 is 16.0 Å². The van der Waals surface area contributed by atoms with Crippen molar-refractivity contribution < 1.29 is 35.8 Å². The summed E-state index contributed by atoms with van der Waals surface area (Å²) in [6.45, 7) is 8.52. The van der Waals surface area contributed by atoms with Crippen LogP contribution in [0.3, 0.4) is 0 Å². The SMILES string of the molecule is Cc1c(Oc2ccc(CC3COS(=O)(=O)OC3)cc2Cl)ncnc1OC1CCN(C(=O)OC(C)(C)C)CC1. The van der Waals surface area contributed by atoms with Gasteiger partial charge in [-0.15, -0.1) is 0 Å². The molecule has 0 spiro atoms. The minimum atomic E-state index is -3.88. The fourth-order valence-electron chi connectivity index (χ4n) is 4.03. The molecule has 1 aromatic carbocycles. The molecule has 2 saturated heterocycles. The first-order valence-electron chi connectivity index (χ1n) is 12.3. The summed E-state index contributed by atoms with van der Waals surface area (Å²) in [4.78, 5) is 22.5. The zero-order valence-electron chi connectivity index (χ0n) is 21.8. The average molecular weight is 570 g/mol. The number of halogens is 1. The molecular formula is C25H32ClN3O8S. The van der Waals surface area contributed by atoms with Crippen LogP contribution in [0.15, 0.2) is 24.5 Å². The number of carbonyl (C=O) groups is 1. The first-order chi connectivity index (χ1) is 17.9. The van der Waals surface area contributed by atoms with Crippen molar-refractivity contribution in [3.05, 3.63) is 40.7 Å². The van der Waals surface area contributed by atoms with Gasteiger partial charge in [-0.05, 0) is 51.8 Å². The summed E-state index contributed by atoms with van der Waals surface area (Å²) >= 11 is 6.47. The Morgan fingerprint density at radius 3 is 2.42 bits per heavy atom. The largest absolute Gasteiger partial charge is 0.474 e. The zero-order valence-corrected chi connectivity index (χ0v) is 23.4. The van der Waals surface area contributed by atoms with E-state index in [1.165, 1.54) is 6.33 Å². The third-order valence-electron chi connectivity index (χ3n) is 5.99. The van der Waals surface area contributed by atoms with Gasteiger partial charge in [0.25, 0.3) is 0 Å². The molecule has 0 saturated carbocycles. The smallest absolute Gasteiger partial charge is 0.410 e. The Labute approximate surface area is 227 Å². The van der Waals surface area contributed by atoms with Crippen molar-refractivity contribution in [1.29, 1.82) is 0 Å². The lowest BCUT2D eigenvalue weighted by Gasteiger charge is -2.33. The number of likely N-dealkylation sites (tertiary alicyclic amines) is 1. The molecule has 2 aromatic rings. The summed E-state index contributed by atoms with van der Waals surface area (Å²) in [5.41, 5.74) is 0.979. The van der Waals surface area contributed by atoms with Crippen LogP contribution in [0.2, 0.25) is 5.02 Å². The highest BCUT2D eigenvalue weighted by Gasteiger charge is 2.29. The number of nitrogens with zero attached hydrogens (tertiary/aromatic N) is 3. The molecule has 0 radical (unpaired) electrons. The van der Waals surface area contributed by atoms with E-state index in [9.17, 15) is 13.2 Å². The van der Waals surface area contributed by atoms with Gasteiger partial charge in [0.15, 0.2) is 0 Å². The summed E-state index contributed by atoms with van der Waals surface area (Å²) in [6.07, 6.45) is 2.77. The number of hydrogen-bond donors (Lipinski definition) is 0. The number of ether oxygens (including phenoxy) is 3. The number of rotatable bonds is 6. The van der Waals surface area contributed by atoms with Crippen molar-refractivity contribution >= 4 is 28.1 Å². The maximum absolute atomic E-state index is 12.3. The van der Waals surface area contributed by atoms with Gasteiger partial charge < -0.3 is 19.1 Å². The Bertz CT molecular complexity index is 1250. The molecule has 0 aliphatic carbocycles. The van der Waals surface area contributed by atoms with Gasteiger partial charge in [-0.2, -0.15) is 8.42 Å². The number of amides is 1. The molecule has 0 bridgehead atoms. The molecular weight excluding hydrogens is 538 g/mol. The Morgan fingerprint density at radius 1 is 1.13 bits per heavy atom. The second kappa shape index (κ2) is 11.6. The van der Waals surface area contributed by atoms with Gasteiger partial charge in [0.1, 0.15) is 23.8 Å². The van der Waals surface area contributed by atoms with Gasteiger partial charge in [0.2, 0.25) is 11.8 Å². The Balaban J connectivity index is 1.34. The van der Waals surface area contributed by atoms with Crippen LogP contribution in [0.5, 0.6) is 17.5 Å². The highest BCUT2D eigenvalue weighted by Crippen LogP contribution is 2.34. The van der Waals surface area contributed by atoms with Crippen LogP contribution in [0, 0.1) is 12.8 Å². The van der Waals surface area contributed by atoms with Crippen molar-refractivity contribution in [1.82, 2.24) is 14.9 Å². The van der Waals surface area contributed by atoms with Gasteiger partial charge in [0, 0.05) is 31.8 Å². The summed E-state index contributed by atoms with van der Waals surface area (Å²) in [5.74, 6) is 1.02. The topological polar surface area (TPSA) is 126 Å². The van der Waals surface area contributed by atoms with Crippen LogP contribution < -0.4 is 9.47 Å². The van der Waals surface area contributed by atoms with Gasteiger partial charge in [-0.25, -0.2) is 23.1 Å². The second-order valence-corrected chi connectivity index (χ2v) is 12.0. The van der Waals surface area contributed by atoms with Crippen LogP contribution in [-0.4, -0.2) is 67.4 Å². The molecule has 2 aliphatic rings. The third-order valence-corrected chi connectivity index (χ3v) is 7.13. The van der Waals surface area contributed by atoms with Crippen molar-refractivity contribution in [2.75, 3.05) is 26.3 Å². The summed E-state index contributed by atoms with van der Waals surface area (Å²) in [6, 6.07) is 5.33. The maximum Gasteiger partial charge on any atom is 0.410 e. The lowest BCUT2D eigenvalue weighted by atomic mass is 10.0. The van der Waals surface area contributed by atoms with Crippen LogP contribution >= 0.6 is 11.6 Å². The van der Waals surface area contributed by atoms with Crippen molar-refractivity contribution in [3.8, 4) is 17.5 Å². The zero-order chi connectivity index (χ0) is 27.5. The van der Waals surface area contributed by atoms with Gasteiger partial charge in [0.05, 0.1) is 23.8 Å². The minimum Gasteiger partial charge on any atom is -0.474 e. The summed E-state index contributed by atoms with van der Waals surface area (Å²) < 4.78 is 49.5. The Hall–Kier alpha value is -2.67. The van der Waals surface area contributed by atoms with Crippen molar-refractivity contribution in [2.45, 2.75) is 58.7 Å². The molecule has 38 heavy (non-hydrogen) atoms. The molecule has 13 heteroatoms. The fourth-order valence-corrected chi connectivity index (χ4v) is 5.06. The van der Waals surface area contributed by atoms with E-state index >= 15 is 0 Å². The van der Waals surface area contributed by atoms with Gasteiger partial charge in [-0.3, -0.25) is 0 Å². The molecule has 2 aliphatic heterocycles. The second-order valence-electron chi connectivity index (χ2n) is 10.3. The van der Waals surface area contributed by atoms with E-state index in [-0.39, 0.29) is 31.3 Å². The van der Waals surface area contributed by atoms with E-state index in [0.717, 1.165) is 5.56 Å². The predicted molar refractivity (Wildman–Crippen MR) is 138 cm³/mol. The standard InChI is InChI=1S/C25H32ClN3O8S/c1-16-22(35-19-7-9-29(10-8-19)24(30)37-25(2,3)4)27-15-28-23(16)36-21-6-5-17(12-20(21)26)11-18-13-33-38(31,32)34-14-18/h5-6,12,15,18-19H,7-11,13-14H2,1-4H3. The molecule has 3 heterocycles. The molecule has 2 fully saturated rings. The summed E-state index contributed by atoms with van der Waals surface area (Å²) in [5, 5.41) is 0.378. The van der Waals surface area contributed by atoms with E-state index in [2.05, 4.69) is 9.97 Å². The molecule has 0 N–H and O–H groups in total. The normalized spacial score (nSPS) is 18.7. The van der Waals surface area contributed by atoms with E-state index in [0.29, 0.717) is 60.4 Å². The highest BCUT2D eigenvalue weighted by molar-refractivity contribution is 7.81. The highest BCUT2D eigenvalue weighted by atomic mass is 35.5. The lowest BCUT2D eigenvalue weighted by molar-refractivity contribution is 0.0122. The van der Waals surface area contributed by atoms with Gasteiger partial charge >= 0.3 is 16.5 Å². The molecule has 208 valence electrons. The van der Waals surface area contributed by atoms with Crippen molar-refractivity contribution in [2.24, 2.45) is 5.92 Å². The fraction of sp³-hybridized carbons (Fsp3) is 0.560. The monoisotopic (exact) mass is 569 g/mol. The average Bonchev–Trinajstić information content (AvgIpc) is 2.84. The number of carbonyl (C=O) groups excluding carboxylic acids is 1. The number of aromatic nitrogens is 2. The van der Waals surface area contributed by atoms with Crippen LogP contribution in [0.4, 0.5) is 4.79 Å². The molecule has 11 nitrogen and oxygen atoms in total. The number of piperidine rings is 1. The molecule has 4 rings (SSSR count). The van der Waals surface area contributed by atoms with E-state index in [1.54, 1.807) is 24.0 Å². The minimum absolute atomic E-state index is 0.0567. The van der Waals surface area contributed by atoms with Crippen molar-refractivity contribution in [3.63, 3.8) is 0 Å². The van der Waals surface area contributed by atoms with E-state index in [4.69, 9.17) is 34.2 Å². The number of benzene rings is 1. The Morgan fingerprint density at radius 2 is 1.79 bits per heavy atom. The summed E-state index contributed by atoms with van der Waals surface area (Å²) in [7, 11) is -3.88. The third kappa shape index (κ3) is 7.68. The quantitative estimate of drug-likeness (QED) is 0.492. The molecule has 0 atom stereocenters. The lowest BCUT2D eigenvalue weighted by Crippen LogP contribution is -2.44.